The monoisotopic (exact) mass is 326 g/mol. The van der Waals surface area contributed by atoms with Crippen LogP contribution in [0.5, 0.6) is 0 Å². The maximum Gasteiger partial charge on any atom is 0.328 e. The molecule has 1 amide bonds. The molecule has 1 aliphatic rings. The molecule has 2 atom stereocenters. The smallest absolute Gasteiger partial charge is 0.328 e. The zero-order valence-electron chi connectivity index (χ0n) is 12.4. The predicted octanol–water partition coefficient (Wildman–Crippen LogP) is 0.559. The number of esters is 1. The van der Waals surface area contributed by atoms with Crippen LogP contribution in [0, 0.1) is 0 Å². The average molecular weight is 326 g/mol. The molecule has 1 saturated heterocycles. The maximum absolute atomic E-state index is 12.0. The number of rotatable bonds is 4. The Labute approximate surface area is 129 Å². The summed E-state index contributed by atoms with van der Waals surface area (Å²) in [7, 11) is -2.47. The Hall–Kier alpha value is -1.93. The van der Waals surface area contributed by atoms with Crippen molar-refractivity contribution in [2.45, 2.75) is 36.7 Å². The van der Waals surface area contributed by atoms with Crippen molar-refractivity contribution >= 4 is 21.9 Å². The zero-order valence-corrected chi connectivity index (χ0v) is 13.2. The number of sulfonamides is 1. The largest absolute Gasteiger partial charge is 0.467 e. The third kappa shape index (κ3) is 3.12. The molecule has 8 heteroatoms. The number of hydrogen-bond donors (Lipinski definition) is 1. The van der Waals surface area contributed by atoms with E-state index in [2.05, 4.69) is 0 Å². The van der Waals surface area contributed by atoms with Crippen LogP contribution >= 0.6 is 0 Å². The molecule has 2 unspecified atom stereocenters. The van der Waals surface area contributed by atoms with Crippen LogP contribution in [0.25, 0.3) is 0 Å². The standard InChI is InChI=1S/C14H18N2O5S/c1-9(10-3-5-11(6-4-10)22(15,19)20)16-12(14(18)21-2)7-8-13(16)17/h3-6,9,12H,7-8H2,1-2H3,(H2,15,19,20). The second-order valence-corrected chi connectivity index (χ2v) is 6.73. The molecule has 0 saturated carbocycles. The summed E-state index contributed by atoms with van der Waals surface area (Å²) >= 11 is 0. The van der Waals surface area contributed by atoms with Gasteiger partial charge in [-0.25, -0.2) is 18.4 Å². The minimum Gasteiger partial charge on any atom is -0.467 e. The van der Waals surface area contributed by atoms with Gasteiger partial charge in [-0.05, 0) is 31.0 Å². The molecular formula is C14H18N2O5S. The highest BCUT2D eigenvalue weighted by molar-refractivity contribution is 7.89. The normalized spacial score (nSPS) is 20.0. The number of nitrogens with two attached hydrogens (primary N) is 1. The molecule has 7 nitrogen and oxygen atoms in total. The van der Waals surface area contributed by atoms with E-state index in [4.69, 9.17) is 9.88 Å². The first-order chi connectivity index (χ1) is 10.3. The summed E-state index contributed by atoms with van der Waals surface area (Å²) in [5.74, 6) is -0.572. The highest BCUT2D eigenvalue weighted by Crippen LogP contribution is 2.31. The van der Waals surface area contributed by atoms with Crippen molar-refractivity contribution in [3.63, 3.8) is 0 Å². The van der Waals surface area contributed by atoms with Crippen molar-refractivity contribution in [2.75, 3.05) is 7.11 Å². The Morgan fingerprint density at radius 3 is 2.45 bits per heavy atom. The third-order valence-electron chi connectivity index (χ3n) is 3.84. The number of carbonyl (C=O) groups excluding carboxylic acids is 2. The first kappa shape index (κ1) is 16.4. The van der Waals surface area contributed by atoms with Crippen LogP contribution in [0.15, 0.2) is 29.2 Å². The van der Waals surface area contributed by atoms with Crippen molar-refractivity contribution in [1.82, 2.24) is 4.90 Å². The highest BCUT2D eigenvalue weighted by Gasteiger charge is 2.39. The van der Waals surface area contributed by atoms with Gasteiger partial charge < -0.3 is 9.64 Å². The van der Waals surface area contributed by atoms with Gasteiger partial charge in [-0.1, -0.05) is 12.1 Å². The number of benzene rings is 1. The van der Waals surface area contributed by atoms with Crippen LogP contribution in [0.1, 0.15) is 31.4 Å². The van der Waals surface area contributed by atoms with Gasteiger partial charge >= 0.3 is 5.97 Å². The van der Waals surface area contributed by atoms with Crippen LogP contribution < -0.4 is 5.14 Å². The Kier molecular flexibility index (Phi) is 4.52. The fourth-order valence-electron chi connectivity index (χ4n) is 2.65. The third-order valence-corrected chi connectivity index (χ3v) is 4.77. The SMILES string of the molecule is COC(=O)C1CCC(=O)N1C(C)c1ccc(S(N)(=O)=O)cc1. The van der Waals surface area contributed by atoms with Gasteiger partial charge in [0.2, 0.25) is 15.9 Å². The molecule has 2 rings (SSSR count). The molecule has 0 aromatic heterocycles. The first-order valence-corrected chi connectivity index (χ1v) is 8.32. The summed E-state index contributed by atoms with van der Waals surface area (Å²) in [6.07, 6.45) is 0.713. The summed E-state index contributed by atoms with van der Waals surface area (Å²) in [6, 6.07) is 4.97. The number of likely N-dealkylation sites (tertiary alicyclic amines) is 1. The number of primary sulfonamides is 1. The first-order valence-electron chi connectivity index (χ1n) is 6.77. The average Bonchev–Trinajstić information content (AvgIpc) is 2.86. The molecule has 1 aromatic rings. The number of methoxy groups -OCH3 is 1. The molecule has 1 aromatic carbocycles. The second kappa shape index (κ2) is 6.05. The van der Waals surface area contributed by atoms with Gasteiger partial charge in [0, 0.05) is 6.42 Å². The van der Waals surface area contributed by atoms with Gasteiger partial charge in [-0.15, -0.1) is 0 Å². The number of hydrogen-bond acceptors (Lipinski definition) is 5. The fraction of sp³-hybridized carbons (Fsp3) is 0.429. The summed E-state index contributed by atoms with van der Waals surface area (Å²) in [4.78, 5) is 25.3. The summed E-state index contributed by atoms with van der Waals surface area (Å²) < 4.78 is 27.2. The molecule has 0 bridgehead atoms. The van der Waals surface area contributed by atoms with Crippen LogP contribution in [0.2, 0.25) is 0 Å². The number of ether oxygens (including phenoxy) is 1. The maximum atomic E-state index is 12.0. The minimum atomic E-state index is -3.76. The molecule has 0 spiro atoms. The van der Waals surface area contributed by atoms with E-state index in [0.717, 1.165) is 5.56 Å². The van der Waals surface area contributed by atoms with Crippen molar-refractivity contribution in [3.8, 4) is 0 Å². The van der Waals surface area contributed by atoms with Gasteiger partial charge in [0.15, 0.2) is 0 Å². The fourth-order valence-corrected chi connectivity index (χ4v) is 3.17. The number of amides is 1. The van der Waals surface area contributed by atoms with E-state index in [1.165, 1.54) is 24.1 Å². The predicted molar refractivity (Wildman–Crippen MR) is 78.1 cm³/mol. The lowest BCUT2D eigenvalue weighted by Crippen LogP contribution is -2.40. The lowest BCUT2D eigenvalue weighted by atomic mass is 10.1. The Bertz CT molecular complexity index is 684. The lowest BCUT2D eigenvalue weighted by molar-refractivity contribution is -0.150. The number of nitrogens with zero attached hydrogens (tertiary/aromatic N) is 1. The highest BCUT2D eigenvalue weighted by atomic mass is 32.2. The zero-order chi connectivity index (χ0) is 16.5. The topological polar surface area (TPSA) is 107 Å². The van der Waals surface area contributed by atoms with E-state index in [1.807, 2.05) is 0 Å². The summed E-state index contributed by atoms with van der Waals surface area (Å²) in [5.41, 5.74) is 0.719. The van der Waals surface area contributed by atoms with Crippen molar-refractivity contribution in [3.05, 3.63) is 29.8 Å². The molecule has 1 fully saturated rings. The van der Waals surface area contributed by atoms with Crippen molar-refractivity contribution in [1.29, 1.82) is 0 Å². The molecule has 22 heavy (non-hydrogen) atoms. The van der Waals surface area contributed by atoms with E-state index in [1.54, 1.807) is 19.1 Å². The van der Waals surface area contributed by atoms with E-state index in [0.29, 0.717) is 12.8 Å². The quantitative estimate of drug-likeness (QED) is 0.814. The van der Waals surface area contributed by atoms with Gasteiger partial charge in [-0.2, -0.15) is 0 Å². The van der Waals surface area contributed by atoms with Gasteiger partial charge in [-0.3, -0.25) is 4.79 Å². The van der Waals surface area contributed by atoms with Crippen molar-refractivity contribution in [2.24, 2.45) is 5.14 Å². The van der Waals surface area contributed by atoms with Crippen LogP contribution in [-0.4, -0.2) is 38.3 Å². The Morgan fingerprint density at radius 2 is 1.95 bits per heavy atom. The minimum absolute atomic E-state index is 0.000663. The number of carbonyl (C=O) groups is 2. The van der Waals surface area contributed by atoms with Crippen LogP contribution in [0.4, 0.5) is 0 Å². The van der Waals surface area contributed by atoms with Gasteiger partial charge in [0.1, 0.15) is 6.04 Å². The summed E-state index contributed by atoms with van der Waals surface area (Å²) in [5, 5.41) is 5.05. The van der Waals surface area contributed by atoms with E-state index >= 15 is 0 Å². The molecule has 0 aliphatic carbocycles. The molecule has 1 heterocycles. The van der Waals surface area contributed by atoms with Gasteiger partial charge in [0.05, 0.1) is 18.0 Å². The Morgan fingerprint density at radius 1 is 1.36 bits per heavy atom. The second-order valence-electron chi connectivity index (χ2n) is 5.17. The van der Waals surface area contributed by atoms with Crippen LogP contribution in [0.3, 0.4) is 0 Å². The molecule has 120 valence electrons. The molecule has 0 radical (unpaired) electrons. The molecule has 1 aliphatic heterocycles. The Balaban J connectivity index is 2.28. The molecular weight excluding hydrogens is 308 g/mol. The molecule has 2 N–H and O–H groups in total. The lowest BCUT2D eigenvalue weighted by Gasteiger charge is -2.29. The van der Waals surface area contributed by atoms with Crippen LogP contribution in [-0.2, 0) is 24.3 Å². The van der Waals surface area contributed by atoms with E-state index in [9.17, 15) is 18.0 Å². The van der Waals surface area contributed by atoms with Crippen molar-refractivity contribution < 1.29 is 22.7 Å². The van der Waals surface area contributed by atoms with E-state index in [-0.39, 0.29) is 16.8 Å². The van der Waals surface area contributed by atoms with E-state index < -0.39 is 22.0 Å². The van der Waals surface area contributed by atoms with Gasteiger partial charge in [0.25, 0.3) is 0 Å². The summed E-state index contributed by atoms with van der Waals surface area (Å²) in [6.45, 7) is 1.78.